The molecule has 1 heterocycles. The molecule has 4 aromatic carbocycles. The zero-order chi connectivity index (χ0) is 25.5. The Labute approximate surface area is 222 Å². The number of hydrogen-bond acceptors (Lipinski definition) is 5. The molecule has 5 heteroatoms. The Kier molecular flexibility index (Phi) is 8.02. The molecule has 4 nitrogen and oxygen atoms in total. The second-order valence-electron chi connectivity index (χ2n) is 9.18. The highest BCUT2D eigenvalue weighted by Gasteiger charge is 2.23. The van der Waals surface area contributed by atoms with Crippen LogP contribution in [-0.4, -0.2) is 25.7 Å². The number of hydrogen-bond donors (Lipinski definition) is 0. The number of nitrogens with zero attached hydrogens (tertiary/aromatic N) is 2. The van der Waals surface area contributed by atoms with Crippen LogP contribution in [0, 0.1) is 0 Å². The van der Waals surface area contributed by atoms with Gasteiger partial charge in [-0.25, -0.2) is 0 Å². The minimum atomic E-state index is 0.693. The lowest BCUT2D eigenvalue weighted by Gasteiger charge is -2.33. The summed E-state index contributed by atoms with van der Waals surface area (Å²) in [5.74, 6) is 0. The van der Waals surface area contributed by atoms with Crippen molar-refractivity contribution in [3.05, 3.63) is 108 Å². The summed E-state index contributed by atoms with van der Waals surface area (Å²) in [4.78, 5) is 29.5. The summed E-state index contributed by atoms with van der Waals surface area (Å²) in [6.07, 6.45) is 6.25. The fraction of sp³-hybridized carbons (Fsp3) is 0.188. The first-order chi connectivity index (χ1) is 18.3. The second kappa shape index (κ2) is 11.9. The van der Waals surface area contributed by atoms with Crippen molar-refractivity contribution >= 4 is 47.1 Å². The SMILES string of the molecule is O=Cc1ccc(N(CCCCCCN2c3ccccc3Sc3cc(C=O)ccc32)c2ccccc2)cc1. The summed E-state index contributed by atoms with van der Waals surface area (Å²) < 4.78 is 0. The number of aldehydes is 2. The van der Waals surface area contributed by atoms with Gasteiger partial charge in [0.2, 0.25) is 0 Å². The second-order valence-corrected chi connectivity index (χ2v) is 10.3. The van der Waals surface area contributed by atoms with Gasteiger partial charge in [-0.15, -0.1) is 0 Å². The molecule has 0 aromatic heterocycles. The Bertz CT molecular complexity index is 1360. The van der Waals surface area contributed by atoms with Gasteiger partial charge in [-0.1, -0.05) is 54.9 Å². The maximum Gasteiger partial charge on any atom is 0.150 e. The fourth-order valence-corrected chi connectivity index (χ4v) is 5.95. The third-order valence-corrected chi connectivity index (χ3v) is 7.82. The molecule has 0 radical (unpaired) electrons. The third kappa shape index (κ3) is 5.78. The van der Waals surface area contributed by atoms with E-state index in [1.807, 2.05) is 42.5 Å². The molecule has 37 heavy (non-hydrogen) atoms. The lowest BCUT2D eigenvalue weighted by molar-refractivity contribution is 0.111. The summed E-state index contributed by atoms with van der Waals surface area (Å²) >= 11 is 1.74. The van der Waals surface area contributed by atoms with E-state index in [-0.39, 0.29) is 0 Å². The topological polar surface area (TPSA) is 40.6 Å². The van der Waals surface area contributed by atoms with Gasteiger partial charge in [-0.2, -0.15) is 0 Å². The lowest BCUT2D eigenvalue weighted by atomic mass is 10.1. The molecule has 4 aromatic rings. The zero-order valence-electron chi connectivity index (χ0n) is 20.8. The van der Waals surface area contributed by atoms with Gasteiger partial charge in [0.1, 0.15) is 12.6 Å². The smallest absolute Gasteiger partial charge is 0.150 e. The molecule has 0 saturated carbocycles. The van der Waals surface area contributed by atoms with Crippen LogP contribution in [0.5, 0.6) is 0 Å². The highest BCUT2D eigenvalue weighted by Crippen LogP contribution is 2.48. The summed E-state index contributed by atoms with van der Waals surface area (Å²) in [5.41, 5.74) is 6.10. The summed E-state index contributed by atoms with van der Waals surface area (Å²) in [6, 6.07) is 32.7. The quantitative estimate of drug-likeness (QED) is 0.151. The largest absolute Gasteiger partial charge is 0.341 e. The average molecular weight is 507 g/mol. The Morgan fingerprint density at radius 1 is 0.622 bits per heavy atom. The first-order valence-electron chi connectivity index (χ1n) is 12.8. The molecule has 1 aliphatic heterocycles. The molecule has 186 valence electrons. The van der Waals surface area contributed by atoms with Gasteiger partial charge in [0, 0.05) is 45.4 Å². The normalized spacial score (nSPS) is 11.9. The van der Waals surface area contributed by atoms with E-state index in [1.54, 1.807) is 11.8 Å². The van der Waals surface area contributed by atoms with Gasteiger partial charge in [-0.3, -0.25) is 9.59 Å². The van der Waals surface area contributed by atoms with Crippen LogP contribution in [-0.2, 0) is 0 Å². The van der Waals surface area contributed by atoms with Gasteiger partial charge < -0.3 is 9.80 Å². The van der Waals surface area contributed by atoms with E-state index in [4.69, 9.17) is 0 Å². The van der Waals surface area contributed by atoms with E-state index in [1.165, 1.54) is 16.3 Å². The van der Waals surface area contributed by atoms with Crippen molar-refractivity contribution in [3.63, 3.8) is 0 Å². The van der Waals surface area contributed by atoms with E-state index in [9.17, 15) is 9.59 Å². The molecule has 0 fully saturated rings. The molecule has 5 rings (SSSR count). The molecule has 0 aliphatic carbocycles. The molecule has 0 unspecified atom stereocenters. The number of carbonyl (C=O) groups excluding carboxylic acids is 2. The van der Waals surface area contributed by atoms with E-state index in [0.29, 0.717) is 11.1 Å². The van der Waals surface area contributed by atoms with Crippen LogP contribution in [0.3, 0.4) is 0 Å². The van der Waals surface area contributed by atoms with Crippen molar-refractivity contribution in [1.82, 2.24) is 0 Å². The number of benzene rings is 4. The zero-order valence-corrected chi connectivity index (χ0v) is 21.6. The standard InChI is InChI=1S/C32H30N2O2S/c35-23-25-14-17-28(18-15-25)33(27-10-4-3-5-11-27)20-8-1-2-9-21-34-29-12-6-7-13-31(29)37-32-22-26(24-36)16-19-30(32)34/h3-7,10-19,22-24H,1-2,8-9,20-21H2. The van der Waals surface area contributed by atoms with Crippen molar-refractivity contribution in [1.29, 1.82) is 0 Å². The molecular weight excluding hydrogens is 476 g/mol. The van der Waals surface area contributed by atoms with Crippen LogP contribution in [0.2, 0.25) is 0 Å². The molecule has 1 aliphatic rings. The van der Waals surface area contributed by atoms with E-state index < -0.39 is 0 Å². The Morgan fingerprint density at radius 2 is 1.27 bits per heavy atom. The van der Waals surface area contributed by atoms with Crippen molar-refractivity contribution in [3.8, 4) is 0 Å². The summed E-state index contributed by atoms with van der Waals surface area (Å²) in [7, 11) is 0. The van der Waals surface area contributed by atoms with Gasteiger partial charge in [-0.05, 0) is 79.6 Å². The van der Waals surface area contributed by atoms with Crippen LogP contribution in [0.1, 0.15) is 46.4 Å². The number of para-hydroxylation sites is 2. The monoisotopic (exact) mass is 506 g/mol. The molecule has 0 saturated heterocycles. The fourth-order valence-electron chi connectivity index (χ4n) is 4.81. The highest BCUT2D eigenvalue weighted by molar-refractivity contribution is 7.99. The maximum absolute atomic E-state index is 11.3. The van der Waals surface area contributed by atoms with Crippen molar-refractivity contribution in [2.75, 3.05) is 22.9 Å². The number of fused-ring (bicyclic) bond motifs is 2. The summed E-state index contributed by atoms with van der Waals surface area (Å²) in [6.45, 7) is 1.87. The summed E-state index contributed by atoms with van der Waals surface area (Å²) in [5, 5.41) is 0. The molecule has 0 bridgehead atoms. The van der Waals surface area contributed by atoms with Crippen LogP contribution in [0.15, 0.2) is 107 Å². The van der Waals surface area contributed by atoms with Crippen LogP contribution in [0.4, 0.5) is 22.7 Å². The minimum absolute atomic E-state index is 0.693. The molecule has 0 spiro atoms. The number of unbranched alkanes of at least 4 members (excludes halogenated alkanes) is 3. The van der Waals surface area contributed by atoms with E-state index >= 15 is 0 Å². The molecule has 0 N–H and O–H groups in total. The molecular formula is C32H30N2O2S. The maximum atomic E-state index is 11.3. The van der Waals surface area contributed by atoms with Gasteiger partial charge in [0.05, 0.1) is 11.4 Å². The van der Waals surface area contributed by atoms with Gasteiger partial charge in [0.15, 0.2) is 0 Å². The number of carbonyl (C=O) groups is 2. The Morgan fingerprint density at radius 3 is 2.05 bits per heavy atom. The van der Waals surface area contributed by atoms with Crippen LogP contribution in [0.25, 0.3) is 0 Å². The predicted octanol–water partition coefficient (Wildman–Crippen LogP) is 8.31. The lowest BCUT2D eigenvalue weighted by Crippen LogP contribution is -2.22. The van der Waals surface area contributed by atoms with Crippen molar-refractivity contribution in [2.45, 2.75) is 35.5 Å². The van der Waals surface area contributed by atoms with Gasteiger partial charge >= 0.3 is 0 Å². The first kappa shape index (κ1) is 24.8. The molecule has 0 amide bonds. The predicted molar refractivity (Wildman–Crippen MR) is 153 cm³/mol. The number of rotatable bonds is 11. The Balaban J connectivity index is 1.20. The van der Waals surface area contributed by atoms with E-state index in [0.717, 1.165) is 67.6 Å². The van der Waals surface area contributed by atoms with Crippen molar-refractivity contribution < 1.29 is 9.59 Å². The first-order valence-corrected chi connectivity index (χ1v) is 13.6. The van der Waals surface area contributed by atoms with E-state index in [2.05, 4.69) is 64.4 Å². The third-order valence-electron chi connectivity index (χ3n) is 6.71. The average Bonchev–Trinajstić information content (AvgIpc) is 2.96. The van der Waals surface area contributed by atoms with Crippen molar-refractivity contribution in [2.24, 2.45) is 0 Å². The highest BCUT2D eigenvalue weighted by atomic mass is 32.2. The van der Waals surface area contributed by atoms with Gasteiger partial charge in [0.25, 0.3) is 0 Å². The minimum Gasteiger partial charge on any atom is -0.341 e. The van der Waals surface area contributed by atoms with Crippen LogP contribution >= 0.6 is 11.8 Å². The molecule has 0 atom stereocenters. The number of anilines is 4. The Hall–Kier alpha value is -3.83. The van der Waals surface area contributed by atoms with Crippen LogP contribution < -0.4 is 9.80 Å².